The van der Waals surface area contributed by atoms with E-state index in [1.807, 2.05) is 0 Å². The van der Waals surface area contributed by atoms with Gasteiger partial charge >= 0.3 is 0 Å². The van der Waals surface area contributed by atoms with E-state index in [1.165, 1.54) is 30.5 Å². The van der Waals surface area contributed by atoms with E-state index in [4.69, 9.17) is 29.4 Å². The summed E-state index contributed by atoms with van der Waals surface area (Å²) in [7, 11) is 0. The minimum atomic E-state index is -1.31. The van der Waals surface area contributed by atoms with Crippen LogP contribution in [-0.2, 0) is 42.9 Å². The minimum Gasteiger partial charge on any atom is -0.388 e. The predicted octanol–water partition coefficient (Wildman–Crippen LogP) is -2.83. The minimum absolute atomic E-state index is 0.00802. The number of imide groups is 1. The number of likely N-dealkylation sites (tertiary alicyclic amines) is 1. The summed E-state index contributed by atoms with van der Waals surface area (Å²) >= 11 is 1.22. The number of aliphatic hydroxyl groups excluding tert-OH is 2. The number of Topliss-reactive ketones (excluding diaryl/α,β-unsaturated/α-hetero) is 1. The molecule has 0 aliphatic carbocycles. The van der Waals surface area contributed by atoms with E-state index in [-0.39, 0.29) is 88.5 Å². The fraction of sp³-hybridized carbons (Fsp3) is 0.826. The second-order valence-corrected chi connectivity index (χ2v) is 10.7. The summed E-state index contributed by atoms with van der Waals surface area (Å²) in [5, 5.41) is 22.9. The molecule has 3 amide bonds. The number of amides is 3. The van der Waals surface area contributed by atoms with Gasteiger partial charge in [-0.2, -0.15) is 0 Å². The maximum atomic E-state index is 12.4. The number of nitrogens with one attached hydrogen (secondary N) is 1. The van der Waals surface area contributed by atoms with Gasteiger partial charge < -0.3 is 44.9 Å². The lowest BCUT2D eigenvalue weighted by molar-refractivity contribution is -0.238. The molecule has 1 unspecified atom stereocenters. The van der Waals surface area contributed by atoms with Crippen molar-refractivity contribution in [3.8, 4) is 0 Å². The Morgan fingerprint density at radius 1 is 1.16 bits per heavy atom. The molecular weight excluding hydrogens is 526 g/mol. The topological polar surface area (TPSA) is 196 Å². The summed E-state index contributed by atoms with van der Waals surface area (Å²) in [4.78, 5) is 48.3. The Bertz CT molecular complexity index is 864. The van der Waals surface area contributed by atoms with Crippen LogP contribution in [0.3, 0.4) is 0 Å². The van der Waals surface area contributed by atoms with Gasteiger partial charge in [0.2, 0.25) is 17.7 Å². The third-order valence-corrected chi connectivity index (χ3v) is 7.81. The van der Waals surface area contributed by atoms with Gasteiger partial charge in [-0.05, 0) is 6.92 Å². The fourth-order valence-electron chi connectivity index (χ4n) is 4.27. The number of nitrogens with two attached hydrogens (primary N) is 1. The number of hydrogen-bond acceptors (Lipinski definition) is 13. The molecule has 3 rings (SSSR count). The standard InChI is InChI=1S/C23H37N3O11S/c1-13(27)15(24)10-38-16-9-17(29)26(21(16)32)3-4-33-5-6-34-7-8-35-11-23-12-36-22(37-23)18(25-14(2)28)19(30)20(23)31/h15-16,18-20,22,30-31H,3-12,24H2,1-2H3,(H,25,28)/t15-,16?,18-,19+,20+,22-,23-/m0/s1. The molecular formula is C23H37N3O11S. The number of hydrogen-bond donors (Lipinski definition) is 4. The Labute approximate surface area is 224 Å². The van der Waals surface area contributed by atoms with Gasteiger partial charge in [-0.3, -0.25) is 24.1 Å². The molecule has 0 radical (unpaired) electrons. The van der Waals surface area contributed by atoms with Crippen molar-refractivity contribution in [2.24, 2.45) is 5.73 Å². The van der Waals surface area contributed by atoms with Gasteiger partial charge in [0.25, 0.3) is 0 Å². The molecule has 15 heteroatoms. The monoisotopic (exact) mass is 563 g/mol. The summed E-state index contributed by atoms with van der Waals surface area (Å²) in [6, 6.07) is -1.53. The van der Waals surface area contributed by atoms with E-state index in [2.05, 4.69) is 5.32 Å². The van der Waals surface area contributed by atoms with Crippen molar-refractivity contribution in [3.05, 3.63) is 0 Å². The summed E-state index contributed by atoms with van der Waals surface area (Å²) in [5.74, 6) is -0.821. The van der Waals surface area contributed by atoms with Gasteiger partial charge in [-0.1, -0.05) is 0 Å². The number of rotatable bonds is 16. The molecule has 0 spiro atoms. The molecule has 38 heavy (non-hydrogen) atoms. The lowest BCUT2D eigenvalue weighted by Gasteiger charge is -2.42. The molecule has 3 aliphatic rings. The van der Waals surface area contributed by atoms with E-state index in [1.54, 1.807) is 0 Å². The van der Waals surface area contributed by atoms with Gasteiger partial charge in [0.05, 0.1) is 64.1 Å². The second kappa shape index (κ2) is 14.1. The number of ketones is 1. The van der Waals surface area contributed by atoms with Crippen LogP contribution >= 0.6 is 11.8 Å². The van der Waals surface area contributed by atoms with E-state index < -0.39 is 41.4 Å². The molecule has 216 valence electrons. The van der Waals surface area contributed by atoms with Crippen molar-refractivity contribution >= 4 is 35.3 Å². The molecule has 7 atom stereocenters. The molecule has 2 bridgehead atoms. The normalized spacial score (nSPS) is 31.6. The number of fused-ring (bicyclic) bond motifs is 2. The summed E-state index contributed by atoms with van der Waals surface area (Å²) < 4.78 is 27.7. The molecule has 14 nitrogen and oxygen atoms in total. The number of nitrogens with zero attached hydrogens (tertiary/aromatic N) is 1. The average Bonchev–Trinajstić information content (AvgIpc) is 3.39. The van der Waals surface area contributed by atoms with Crippen LogP contribution < -0.4 is 11.1 Å². The average molecular weight is 564 g/mol. The SMILES string of the molecule is CC(=O)N[C@@H]1[C@H]2OC[C@](COCCOCCOCCN3C(=O)CC(SC[C@H](N)C(C)=O)C3=O)(O2)[C@H](O)[C@@H]1O. The number of aliphatic hydroxyl groups is 2. The Hall–Kier alpha value is -1.69. The smallest absolute Gasteiger partial charge is 0.242 e. The van der Waals surface area contributed by atoms with Gasteiger partial charge in [-0.15, -0.1) is 11.8 Å². The molecule has 3 fully saturated rings. The Kier molecular flexibility index (Phi) is 11.4. The van der Waals surface area contributed by atoms with Crippen molar-refractivity contribution in [1.29, 1.82) is 0 Å². The first-order valence-corrected chi connectivity index (χ1v) is 13.5. The largest absolute Gasteiger partial charge is 0.388 e. The zero-order valence-electron chi connectivity index (χ0n) is 21.5. The van der Waals surface area contributed by atoms with Gasteiger partial charge in [0, 0.05) is 19.1 Å². The first kappa shape index (κ1) is 30.8. The first-order valence-electron chi connectivity index (χ1n) is 12.4. The Balaban J connectivity index is 1.23. The zero-order chi connectivity index (χ0) is 27.9. The van der Waals surface area contributed by atoms with Crippen LogP contribution in [0.15, 0.2) is 0 Å². The highest BCUT2D eigenvalue weighted by molar-refractivity contribution is 8.00. The molecule has 0 aromatic heterocycles. The molecule has 0 aromatic carbocycles. The number of ether oxygens (including phenoxy) is 5. The Morgan fingerprint density at radius 2 is 1.82 bits per heavy atom. The van der Waals surface area contributed by atoms with Crippen LogP contribution in [0, 0.1) is 0 Å². The Morgan fingerprint density at radius 3 is 2.47 bits per heavy atom. The molecule has 3 heterocycles. The van der Waals surface area contributed by atoms with Crippen molar-refractivity contribution in [2.75, 3.05) is 58.5 Å². The third kappa shape index (κ3) is 7.70. The van der Waals surface area contributed by atoms with Crippen LogP contribution in [0.25, 0.3) is 0 Å². The van der Waals surface area contributed by atoms with Gasteiger partial charge in [-0.25, -0.2) is 0 Å². The van der Waals surface area contributed by atoms with Crippen LogP contribution in [0.4, 0.5) is 0 Å². The highest BCUT2D eigenvalue weighted by Crippen LogP contribution is 2.37. The summed E-state index contributed by atoms with van der Waals surface area (Å²) in [6.07, 6.45) is -3.37. The highest BCUT2D eigenvalue weighted by Gasteiger charge is 2.59. The van der Waals surface area contributed by atoms with Crippen LogP contribution in [0.2, 0.25) is 0 Å². The lowest BCUT2D eigenvalue weighted by Crippen LogP contribution is -2.66. The summed E-state index contributed by atoms with van der Waals surface area (Å²) in [6.45, 7) is 3.91. The van der Waals surface area contributed by atoms with Crippen molar-refractivity contribution in [1.82, 2.24) is 10.2 Å². The summed E-state index contributed by atoms with van der Waals surface area (Å²) in [5.41, 5.74) is 4.46. The highest BCUT2D eigenvalue weighted by atomic mass is 32.2. The molecule has 3 aliphatic heterocycles. The number of carbonyl (C=O) groups excluding carboxylic acids is 4. The quantitative estimate of drug-likeness (QED) is 0.111. The van der Waals surface area contributed by atoms with Gasteiger partial charge in [0.15, 0.2) is 6.29 Å². The first-order chi connectivity index (χ1) is 18.1. The van der Waals surface area contributed by atoms with E-state index in [0.717, 1.165) is 0 Å². The molecule has 0 saturated carbocycles. The third-order valence-electron chi connectivity index (χ3n) is 6.49. The number of thioether (sulfide) groups is 1. The number of carbonyl (C=O) groups is 4. The maximum absolute atomic E-state index is 12.4. The van der Waals surface area contributed by atoms with E-state index in [0.29, 0.717) is 0 Å². The fourth-order valence-corrected chi connectivity index (χ4v) is 5.47. The van der Waals surface area contributed by atoms with E-state index >= 15 is 0 Å². The predicted molar refractivity (Wildman–Crippen MR) is 132 cm³/mol. The van der Waals surface area contributed by atoms with Gasteiger partial charge in [0.1, 0.15) is 29.6 Å². The second-order valence-electron chi connectivity index (χ2n) is 9.43. The molecule has 5 N–H and O–H groups in total. The molecule has 3 saturated heterocycles. The van der Waals surface area contributed by atoms with E-state index in [9.17, 15) is 29.4 Å². The maximum Gasteiger partial charge on any atom is 0.242 e. The van der Waals surface area contributed by atoms with Crippen molar-refractivity contribution in [2.45, 2.75) is 61.7 Å². The van der Waals surface area contributed by atoms with Crippen molar-refractivity contribution in [3.63, 3.8) is 0 Å². The van der Waals surface area contributed by atoms with Crippen molar-refractivity contribution < 1.29 is 53.1 Å². The zero-order valence-corrected chi connectivity index (χ0v) is 22.4. The molecule has 0 aromatic rings. The van der Waals surface area contributed by atoms with Crippen LogP contribution in [0.1, 0.15) is 20.3 Å². The van der Waals surface area contributed by atoms with Crippen LogP contribution in [0.5, 0.6) is 0 Å². The lowest BCUT2D eigenvalue weighted by atomic mass is 9.88. The van der Waals surface area contributed by atoms with Crippen LogP contribution in [-0.4, -0.2) is 139 Å².